The Kier molecular flexibility index (Phi) is 3.55. The van der Waals surface area contributed by atoms with Crippen molar-refractivity contribution in [2.75, 3.05) is 5.32 Å². The van der Waals surface area contributed by atoms with E-state index in [0.717, 1.165) is 12.4 Å². The molecule has 0 aliphatic rings. The molecule has 0 aliphatic heterocycles. The van der Waals surface area contributed by atoms with Gasteiger partial charge in [-0.2, -0.15) is 0 Å². The number of aromatic nitrogens is 2. The van der Waals surface area contributed by atoms with Crippen molar-refractivity contribution in [3.8, 4) is 0 Å². The summed E-state index contributed by atoms with van der Waals surface area (Å²) in [6.07, 6.45) is 0.744. The molecule has 1 aromatic rings. The van der Waals surface area contributed by atoms with Gasteiger partial charge in [-0.05, 0) is 0 Å². The summed E-state index contributed by atoms with van der Waals surface area (Å²) in [6.45, 7) is 0. The predicted octanol–water partition coefficient (Wildman–Crippen LogP) is -0.427. The molecular formula is C8H9N3O4. The Morgan fingerprint density at radius 1 is 1.47 bits per heavy atom. The normalized spacial score (nSPS) is 9.60. The topological polar surface area (TPSA) is 112 Å². The minimum Gasteiger partial charge on any atom is -0.481 e. The minimum atomic E-state index is -1.05. The number of rotatable bonds is 4. The van der Waals surface area contributed by atoms with Gasteiger partial charge in [0.1, 0.15) is 5.82 Å². The molecule has 1 aromatic heterocycles. The maximum Gasteiger partial charge on any atom is 0.303 e. The first kappa shape index (κ1) is 10.9. The summed E-state index contributed by atoms with van der Waals surface area (Å²) < 4.78 is 0. The largest absolute Gasteiger partial charge is 0.481 e. The number of carboxylic acids is 1. The van der Waals surface area contributed by atoms with Crippen LogP contribution in [-0.4, -0.2) is 27.0 Å². The van der Waals surface area contributed by atoms with Gasteiger partial charge >= 0.3 is 5.97 Å². The van der Waals surface area contributed by atoms with Crippen molar-refractivity contribution in [3.63, 3.8) is 0 Å². The fourth-order valence-electron chi connectivity index (χ4n) is 0.863. The molecule has 0 aromatic carbocycles. The zero-order chi connectivity index (χ0) is 11.3. The summed E-state index contributed by atoms with van der Waals surface area (Å²) in [5.74, 6) is -1.44. The Bertz CT molecular complexity index is 426. The molecule has 0 atom stereocenters. The maximum absolute atomic E-state index is 11.1. The lowest BCUT2D eigenvalue weighted by Crippen LogP contribution is -2.16. The summed E-state index contributed by atoms with van der Waals surface area (Å²) in [4.78, 5) is 38.0. The summed E-state index contributed by atoms with van der Waals surface area (Å²) in [7, 11) is 0. The SMILES string of the molecule is O=C(O)CCC(=O)Nc1cc(=O)[nH]cn1. The van der Waals surface area contributed by atoms with Crippen LogP contribution < -0.4 is 10.9 Å². The van der Waals surface area contributed by atoms with Crippen LogP contribution in [0.1, 0.15) is 12.8 Å². The monoisotopic (exact) mass is 211 g/mol. The number of hydrogen-bond donors (Lipinski definition) is 3. The number of nitrogens with one attached hydrogen (secondary N) is 2. The molecule has 80 valence electrons. The highest BCUT2D eigenvalue weighted by molar-refractivity contribution is 5.91. The van der Waals surface area contributed by atoms with Gasteiger partial charge in [0.05, 0.1) is 12.7 Å². The lowest BCUT2D eigenvalue weighted by molar-refractivity contribution is -0.138. The second-order valence-electron chi connectivity index (χ2n) is 2.74. The van der Waals surface area contributed by atoms with Crippen LogP contribution in [0.3, 0.4) is 0 Å². The van der Waals surface area contributed by atoms with Crippen molar-refractivity contribution < 1.29 is 14.7 Å². The zero-order valence-corrected chi connectivity index (χ0v) is 7.69. The number of hydrogen-bond acceptors (Lipinski definition) is 4. The number of anilines is 1. The number of carbonyl (C=O) groups excluding carboxylic acids is 1. The molecule has 0 saturated heterocycles. The predicted molar refractivity (Wildman–Crippen MR) is 50.4 cm³/mol. The lowest BCUT2D eigenvalue weighted by atomic mass is 10.3. The molecular weight excluding hydrogens is 202 g/mol. The molecule has 0 aliphatic carbocycles. The smallest absolute Gasteiger partial charge is 0.303 e. The van der Waals surface area contributed by atoms with Gasteiger partial charge in [-0.3, -0.25) is 14.4 Å². The molecule has 0 bridgehead atoms. The number of nitrogens with zero attached hydrogens (tertiary/aromatic N) is 1. The zero-order valence-electron chi connectivity index (χ0n) is 7.69. The number of amides is 1. The van der Waals surface area contributed by atoms with Crippen LogP contribution in [0.15, 0.2) is 17.2 Å². The third-order valence-electron chi connectivity index (χ3n) is 1.51. The first-order chi connectivity index (χ1) is 7.08. The van der Waals surface area contributed by atoms with Crippen LogP contribution in [0.2, 0.25) is 0 Å². The van der Waals surface area contributed by atoms with E-state index in [2.05, 4.69) is 15.3 Å². The molecule has 0 radical (unpaired) electrons. The highest BCUT2D eigenvalue weighted by Gasteiger charge is 2.06. The number of H-pyrrole nitrogens is 1. The molecule has 1 heterocycles. The highest BCUT2D eigenvalue weighted by atomic mass is 16.4. The van der Waals surface area contributed by atoms with Gasteiger partial charge in [0.2, 0.25) is 5.91 Å². The van der Waals surface area contributed by atoms with Crippen molar-refractivity contribution in [2.45, 2.75) is 12.8 Å². The average molecular weight is 211 g/mol. The van der Waals surface area contributed by atoms with E-state index in [4.69, 9.17) is 5.11 Å². The van der Waals surface area contributed by atoms with Crippen LogP contribution in [0.5, 0.6) is 0 Å². The number of carbonyl (C=O) groups is 2. The Morgan fingerprint density at radius 2 is 2.20 bits per heavy atom. The van der Waals surface area contributed by atoms with Crippen molar-refractivity contribution in [2.24, 2.45) is 0 Å². The van der Waals surface area contributed by atoms with E-state index in [9.17, 15) is 14.4 Å². The van der Waals surface area contributed by atoms with E-state index in [1.54, 1.807) is 0 Å². The van der Waals surface area contributed by atoms with Crippen molar-refractivity contribution >= 4 is 17.7 Å². The standard InChI is InChI=1S/C8H9N3O4/c12-6(1-2-8(14)15)11-5-3-7(13)10-4-9-5/h3-4H,1-2H2,(H,14,15)(H2,9,10,11,12,13). The first-order valence-corrected chi connectivity index (χ1v) is 4.14. The van der Waals surface area contributed by atoms with Crippen LogP contribution >= 0.6 is 0 Å². The van der Waals surface area contributed by atoms with Crippen LogP contribution in [-0.2, 0) is 9.59 Å². The minimum absolute atomic E-state index is 0.106. The van der Waals surface area contributed by atoms with E-state index < -0.39 is 17.4 Å². The van der Waals surface area contributed by atoms with Gasteiger partial charge in [-0.15, -0.1) is 0 Å². The van der Waals surface area contributed by atoms with Gasteiger partial charge in [0.25, 0.3) is 5.56 Å². The molecule has 3 N–H and O–H groups in total. The maximum atomic E-state index is 11.1. The molecule has 0 fully saturated rings. The van der Waals surface area contributed by atoms with Gasteiger partial charge < -0.3 is 15.4 Å². The van der Waals surface area contributed by atoms with Crippen molar-refractivity contribution in [1.29, 1.82) is 0 Å². The lowest BCUT2D eigenvalue weighted by Gasteiger charge is -2.01. The fourth-order valence-corrected chi connectivity index (χ4v) is 0.863. The van der Waals surface area contributed by atoms with E-state index in [-0.39, 0.29) is 18.7 Å². The van der Waals surface area contributed by atoms with Gasteiger partial charge in [-0.25, -0.2) is 4.98 Å². The number of carboxylic acid groups (broad SMARTS) is 1. The Labute approximate surface area is 84.2 Å². The number of aromatic amines is 1. The Balaban J connectivity index is 2.51. The summed E-state index contributed by atoms with van der Waals surface area (Å²) >= 11 is 0. The van der Waals surface area contributed by atoms with Crippen molar-refractivity contribution in [1.82, 2.24) is 9.97 Å². The second-order valence-corrected chi connectivity index (χ2v) is 2.74. The highest BCUT2D eigenvalue weighted by Crippen LogP contribution is 1.98. The molecule has 0 unspecified atom stereocenters. The Morgan fingerprint density at radius 3 is 2.80 bits per heavy atom. The van der Waals surface area contributed by atoms with Crippen LogP contribution in [0, 0.1) is 0 Å². The molecule has 7 nitrogen and oxygen atoms in total. The molecule has 7 heteroatoms. The van der Waals surface area contributed by atoms with E-state index in [0.29, 0.717) is 0 Å². The van der Waals surface area contributed by atoms with E-state index >= 15 is 0 Å². The van der Waals surface area contributed by atoms with E-state index in [1.165, 1.54) is 0 Å². The van der Waals surface area contributed by atoms with Gasteiger partial charge in [0, 0.05) is 12.5 Å². The Hall–Kier alpha value is -2.18. The van der Waals surface area contributed by atoms with Gasteiger partial charge in [-0.1, -0.05) is 0 Å². The third kappa shape index (κ3) is 4.03. The molecule has 0 saturated carbocycles. The van der Waals surface area contributed by atoms with E-state index in [1.807, 2.05) is 0 Å². The molecule has 1 rings (SSSR count). The summed E-state index contributed by atoms with van der Waals surface area (Å²) in [5.41, 5.74) is -0.390. The third-order valence-corrected chi connectivity index (χ3v) is 1.51. The first-order valence-electron chi connectivity index (χ1n) is 4.14. The summed E-state index contributed by atoms with van der Waals surface area (Å²) in [5, 5.41) is 10.6. The number of aliphatic carboxylic acids is 1. The fraction of sp³-hybridized carbons (Fsp3) is 0.250. The van der Waals surface area contributed by atoms with Crippen LogP contribution in [0.25, 0.3) is 0 Å². The average Bonchev–Trinajstić information content (AvgIpc) is 2.15. The molecule has 1 amide bonds. The summed E-state index contributed by atoms with van der Waals surface area (Å²) in [6, 6.07) is 1.11. The molecule has 15 heavy (non-hydrogen) atoms. The second kappa shape index (κ2) is 4.89. The quantitative estimate of drug-likeness (QED) is 0.625. The van der Waals surface area contributed by atoms with Crippen molar-refractivity contribution in [3.05, 3.63) is 22.7 Å². The van der Waals surface area contributed by atoms with Gasteiger partial charge in [0.15, 0.2) is 0 Å². The molecule has 0 spiro atoms. The van der Waals surface area contributed by atoms with Crippen LogP contribution in [0.4, 0.5) is 5.82 Å².